The maximum atomic E-state index is 10.7. The fourth-order valence-electron chi connectivity index (χ4n) is 1.38. The summed E-state index contributed by atoms with van der Waals surface area (Å²) in [5.41, 5.74) is 0.571. The summed E-state index contributed by atoms with van der Waals surface area (Å²) < 4.78 is 0. The molecule has 0 bridgehead atoms. The number of aliphatic hydroxyl groups excluding tert-OH is 1. The lowest BCUT2D eigenvalue weighted by Crippen LogP contribution is -2.09. The molecule has 1 rings (SSSR count). The molecule has 6 heteroatoms. The van der Waals surface area contributed by atoms with E-state index in [2.05, 4.69) is 15.3 Å². The number of hydrogen-bond acceptors (Lipinski definition) is 5. The SMILES string of the molecule is Cc1nc(NCCCCCO)ncc1C(=O)O. The van der Waals surface area contributed by atoms with Crippen LogP contribution in [0.15, 0.2) is 6.20 Å². The van der Waals surface area contributed by atoms with Crippen LogP contribution >= 0.6 is 0 Å². The minimum Gasteiger partial charge on any atom is -0.478 e. The molecule has 1 heterocycles. The third-order valence-corrected chi connectivity index (χ3v) is 2.33. The number of unbranched alkanes of at least 4 members (excludes halogenated alkanes) is 2. The van der Waals surface area contributed by atoms with Crippen molar-refractivity contribution in [3.8, 4) is 0 Å². The van der Waals surface area contributed by atoms with E-state index in [0.717, 1.165) is 19.3 Å². The van der Waals surface area contributed by atoms with Gasteiger partial charge in [0, 0.05) is 19.3 Å². The number of rotatable bonds is 7. The summed E-state index contributed by atoms with van der Waals surface area (Å²) >= 11 is 0. The molecule has 0 atom stereocenters. The van der Waals surface area contributed by atoms with Gasteiger partial charge < -0.3 is 15.5 Å². The maximum absolute atomic E-state index is 10.7. The number of aromatic carboxylic acids is 1. The van der Waals surface area contributed by atoms with Crippen molar-refractivity contribution >= 4 is 11.9 Å². The zero-order chi connectivity index (χ0) is 12.7. The van der Waals surface area contributed by atoms with Crippen LogP contribution in [0.3, 0.4) is 0 Å². The second kappa shape index (κ2) is 6.80. The average Bonchev–Trinajstić information content (AvgIpc) is 2.28. The number of carboxylic acid groups (broad SMARTS) is 1. The minimum absolute atomic E-state index is 0.121. The van der Waals surface area contributed by atoms with Gasteiger partial charge in [0.15, 0.2) is 0 Å². The maximum Gasteiger partial charge on any atom is 0.339 e. The predicted molar refractivity (Wildman–Crippen MR) is 63.2 cm³/mol. The van der Waals surface area contributed by atoms with Crippen LogP contribution in [0, 0.1) is 6.92 Å². The second-order valence-electron chi connectivity index (χ2n) is 3.71. The number of carboxylic acids is 1. The van der Waals surface area contributed by atoms with Crippen molar-refractivity contribution in [2.75, 3.05) is 18.5 Å². The molecular weight excluding hydrogens is 222 g/mol. The molecular formula is C11H17N3O3. The zero-order valence-corrected chi connectivity index (χ0v) is 9.81. The van der Waals surface area contributed by atoms with E-state index in [4.69, 9.17) is 10.2 Å². The molecule has 1 aromatic heterocycles. The monoisotopic (exact) mass is 239 g/mol. The Morgan fingerprint density at radius 1 is 1.41 bits per heavy atom. The number of anilines is 1. The first-order valence-corrected chi connectivity index (χ1v) is 5.57. The number of hydrogen-bond donors (Lipinski definition) is 3. The van der Waals surface area contributed by atoms with Crippen LogP contribution < -0.4 is 5.32 Å². The summed E-state index contributed by atoms with van der Waals surface area (Å²) in [6, 6.07) is 0. The van der Waals surface area contributed by atoms with Crippen molar-refractivity contribution in [3.05, 3.63) is 17.5 Å². The molecule has 0 spiro atoms. The normalized spacial score (nSPS) is 10.2. The molecule has 0 aliphatic heterocycles. The highest BCUT2D eigenvalue weighted by molar-refractivity contribution is 5.88. The Kier molecular flexibility index (Phi) is 5.35. The highest BCUT2D eigenvalue weighted by atomic mass is 16.4. The fourth-order valence-corrected chi connectivity index (χ4v) is 1.38. The molecule has 0 saturated heterocycles. The molecule has 6 nitrogen and oxygen atoms in total. The van der Waals surface area contributed by atoms with E-state index >= 15 is 0 Å². The van der Waals surface area contributed by atoms with Gasteiger partial charge in [-0.1, -0.05) is 0 Å². The largest absolute Gasteiger partial charge is 0.478 e. The van der Waals surface area contributed by atoms with Crippen molar-refractivity contribution in [1.29, 1.82) is 0 Å². The van der Waals surface area contributed by atoms with Gasteiger partial charge in [-0.05, 0) is 26.2 Å². The van der Waals surface area contributed by atoms with Crippen LogP contribution in [-0.2, 0) is 0 Å². The van der Waals surface area contributed by atoms with Gasteiger partial charge in [-0.3, -0.25) is 0 Å². The minimum atomic E-state index is -1.02. The average molecular weight is 239 g/mol. The third-order valence-electron chi connectivity index (χ3n) is 2.33. The molecule has 3 N–H and O–H groups in total. The van der Waals surface area contributed by atoms with Gasteiger partial charge in [0.1, 0.15) is 0 Å². The first-order valence-electron chi connectivity index (χ1n) is 5.57. The van der Waals surface area contributed by atoms with Crippen molar-refractivity contribution in [3.63, 3.8) is 0 Å². The van der Waals surface area contributed by atoms with E-state index in [9.17, 15) is 4.79 Å². The topological polar surface area (TPSA) is 95.3 Å². The predicted octanol–water partition coefficient (Wildman–Crippen LogP) is 1.06. The van der Waals surface area contributed by atoms with Crippen LogP contribution in [0.2, 0.25) is 0 Å². The summed E-state index contributed by atoms with van der Waals surface area (Å²) in [6.07, 6.45) is 3.96. The Morgan fingerprint density at radius 2 is 2.18 bits per heavy atom. The molecule has 94 valence electrons. The van der Waals surface area contributed by atoms with Gasteiger partial charge in [-0.15, -0.1) is 0 Å². The lowest BCUT2D eigenvalue weighted by molar-refractivity contribution is 0.0695. The van der Waals surface area contributed by atoms with Gasteiger partial charge in [-0.25, -0.2) is 14.8 Å². The lowest BCUT2D eigenvalue weighted by Gasteiger charge is -2.06. The Labute approximate surface area is 99.7 Å². The molecule has 0 aliphatic carbocycles. The van der Waals surface area contributed by atoms with Crippen molar-refractivity contribution in [1.82, 2.24) is 9.97 Å². The van der Waals surface area contributed by atoms with Gasteiger partial charge >= 0.3 is 5.97 Å². The van der Waals surface area contributed by atoms with Crippen LogP contribution in [0.25, 0.3) is 0 Å². The molecule has 0 amide bonds. The molecule has 0 radical (unpaired) electrons. The molecule has 17 heavy (non-hydrogen) atoms. The van der Waals surface area contributed by atoms with Crippen LogP contribution in [0.4, 0.5) is 5.95 Å². The van der Waals surface area contributed by atoms with E-state index in [-0.39, 0.29) is 12.2 Å². The summed E-state index contributed by atoms with van der Waals surface area (Å²) in [7, 11) is 0. The van der Waals surface area contributed by atoms with Crippen LogP contribution in [0.1, 0.15) is 35.3 Å². The fraction of sp³-hybridized carbons (Fsp3) is 0.545. The summed E-state index contributed by atoms with van der Waals surface area (Å²) in [5.74, 6) is -0.575. The molecule has 0 aromatic carbocycles. The number of aryl methyl sites for hydroxylation is 1. The molecule has 0 unspecified atom stereocenters. The standard InChI is InChI=1S/C11H17N3O3/c1-8-9(10(16)17)7-13-11(14-8)12-5-3-2-4-6-15/h7,15H,2-6H2,1H3,(H,16,17)(H,12,13,14). The van der Waals surface area contributed by atoms with Crippen LogP contribution in [-0.4, -0.2) is 39.3 Å². The van der Waals surface area contributed by atoms with Crippen LogP contribution in [0.5, 0.6) is 0 Å². The summed E-state index contributed by atoms with van der Waals surface area (Å²) in [5, 5.41) is 20.4. The van der Waals surface area contributed by atoms with Crippen molar-refractivity contribution in [2.24, 2.45) is 0 Å². The molecule has 0 fully saturated rings. The number of nitrogens with zero attached hydrogens (tertiary/aromatic N) is 2. The molecule has 0 aliphatic rings. The van der Waals surface area contributed by atoms with Crippen molar-refractivity contribution < 1.29 is 15.0 Å². The number of nitrogens with one attached hydrogen (secondary N) is 1. The lowest BCUT2D eigenvalue weighted by atomic mass is 10.2. The number of carbonyl (C=O) groups is 1. The Morgan fingerprint density at radius 3 is 2.76 bits per heavy atom. The Bertz CT molecular complexity index is 382. The zero-order valence-electron chi connectivity index (χ0n) is 9.81. The van der Waals surface area contributed by atoms with E-state index in [1.54, 1.807) is 6.92 Å². The third kappa shape index (κ3) is 4.36. The van der Waals surface area contributed by atoms with Gasteiger partial charge in [-0.2, -0.15) is 0 Å². The van der Waals surface area contributed by atoms with E-state index in [0.29, 0.717) is 18.2 Å². The van der Waals surface area contributed by atoms with Crippen molar-refractivity contribution in [2.45, 2.75) is 26.2 Å². The van der Waals surface area contributed by atoms with Gasteiger partial charge in [0.05, 0.1) is 11.3 Å². The van der Waals surface area contributed by atoms with E-state index in [1.807, 2.05) is 0 Å². The van der Waals surface area contributed by atoms with Gasteiger partial charge in [0.25, 0.3) is 0 Å². The first kappa shape index (κ1) is 13.4. The summed E-state index contributed by atoms with van der Waals surface area (Å²) in [4.78, 5) is 18.7. The van der Waals surface area contributed by atoms with E-state index in [1.165, 1.54) is 6.20 Å². The van der Waals surface area contributed by atoms with E-state index < -0.39 is 5.97 Å². The summed E-state index contributed by atoms with van der Waals surface area (Å²) in [6.45, 7) is 2.57. The highest BCUT2D eigenvalue weighted by Crippen LogP contribution is 2.07. The smallest absolute Gasteiger partial charge is 0.339 e. The number of aliphatic hydroxyl groups is 1. The Balaban J connectivity index is 2.45. The number of aromatic nitrogens is 2. The molecule has 1 aromatic rings. The first-order chi connectivity index (χ1) is 8.15. The molecule has 0 saturated carbocycles. The second-order valence-corrected chi connectivity index (χ2v) is 3.71. The highest BCUT2D eigenvalue weighted by Gasteiger charge is 2.09. The van der Waals surface area contributed by atoms with Gasteiger partial charge in [0.2, 0.25) is 5.95 Å². The quantitative estimate of drug-likeness (QED) is 0.616. The Hall–Kier alpha value is -1.69.